The third kappa shape index (κ3) is 9.58. The Balaban J connectivity index is 2.33. The number of rotatable bonds is 14. The van der Waals surface area contributed by atoms with Crippen LogP contribution in [-0.4, -0.2) is 24.3 Å². The number of ether oxygens (including phenoxy) is 1. The highest BCUT2D eigenvalue weighted by Gasteiger charge is 2.26. The molecule has 0 amide bonds. The highest BCUT2D eigenvalue weighted by Crippen LogP contribution is 2.38. The first-order valence-electron chi connectivity index (χ1n) is 11.8. The van der Waals surface area contributed by atoms with Crippen molar-refractivity contribution < 1.29 is 14.6 Å². The molecular weight excluding hydrogens is 348 g/mol. The highest BCUT2D eigenvalue weighted by molar-refractivity contribution is 5.86. The largest absolute Gasteiger partial charge is 0.462 e. The van der Waals surface area contributed by atoms with Gasteiger partial charge in [-0.2, -0.15) is 0 Å². The molecule has 3 atom stereocenters. The van der Waals surface area contributed by atoms with E-state index in [1.807, 2.05) is 0 Å². The van der Waals surface area contributed by atoms with Crippen LogP contribution in [0.2, 0.25) is 0 Å². The van der Waals surface area contributed by atoms with Crippen LogP contribution in [0.3, 0.4) is 0 Å². The first-order chi connectivity index (χ1) is 13.4. The monoisotopic (exact) mass is 394 g/mol. The van der Waals surface area contributed by atoms with Crippen molar-refractivity contribution >= 4 is 5.97 Å². The number of unbranched alkanes of at least 4 members (excludes halogenated alkanes) is 1. The number of carbonyl (C=O) groups excluding carboxylic acids is 1. The standard InChI is InChI=1S/C25H46O3/c1-6-7-8-22-11-13-23(14-12-22)20(4)9-10-21(5)24(15-17-26)16-18-28-25(27)19(2)3/h20-24,26H,2,6-18H2,1,3-5H3. The number of aliphatic hydroxyl groups is 1. The molecule has 1 aliphatic carbocycles. The summed E-state index contributed by atoms with van der Waals surface area (Å²) in [4.78, 5) is 11.6. The quantitative estimate of drug-likeness (QED) is 0.269. The summed E-state index contributed by atoms with van der Waals surface area (Å²) < 4.78 is 5.27. The Bertz CT molecular complexity index is 437. The van der Waals surface area contributed by atoms with E-state index in [9.17, 15) is 9.90 Å². The number of aliphatic hydroxyl groups excluding tert-OH is 1. The van der Waals surface area contributed by atoms with E-state index in [-0.39, 0.29) is 12.6 Å². The molecule has 0 aromatic carbocycles. The van der Waals surface area contributed by atoms with Crippen LogP contribution in [0.1, 0.15) is 98.3 Å². The Kier molecular flexibility index (Phi) is 12.8. The number of hydrogen-bond donors (Lipinski definition) is 1. The van der Waals surface area contributed by atoms with E-state index in [2.05, 4.69) is 27.4 Å². The summed E-state index contributed by atoms with van der Waals surface area (Å²) in [6, 6.07) is 0. The lowest BCUT2D eigenvalue weighted by Gasteiger charge is -2.33. The van der Waals surface area contributed by atoms with Crippen LogP contribution < -0.4 is 0 Å². The summed E-state index contributed by atoms with van der Waals surface area (Å²) in [5.41, 5.74) is 0.449. The van der Waals surface area contributed by atoms with Crippen molar-refractivity contribution in [3.05, 3.63) is 12.2 Å². The molecule has 1 saturated carbocycles. The third-order valence-corrected chi connectivity index (χ3v) is 7.11. The first kappa shape index (κ1) is 25.2. The normalized spacial score (nSPS) is 23.0. The van der Waals surface area contributed by atoms with Gasteiger partial charge in [0.15, 0.2) is 0 Å². The van der Waals surface area contributed by atoms with Crippen molar-refractivity contribution in [2.45, 2.75) is 98.3 Å². The summed E-state index contributed by atoms with van der Waals surface area (Å²) in [5, 5.41) is 9.43. The van der Waals surface area contributed by atoms with Crippen LogP contribution in [0.25, 0.3) is 0 Å². The maximum atomic E-state index is 11.6. The average Bonchev–Trinajstić information content (AvgIpc) is 2.69. The van der Waals surface area contributed by atoms with Gasteiger partial charge in [0, 0.05) is 12.2 Å². The molecule has 1 N–H and O–H groups in total. The fraction of sp³-hybridized carbons (Fsp3) is 0.880. The lowest BCUT2D eigenvalue weighted by molar-refractivity contribution is -0.139. The highest BCUT2D eigenvalue weighted by atomic mass is 16.5. The van der Waals surface area contributed by atoms with Crippen LogP contribution in [0.5, 0.6) is 0 Å². The smallest absolute Gasteiger partial charge is 0.333 e. The minimum atomic E-state index is -0.307. The van der Waals surface area contributed by atoms with Gasteiger partial charge in [-0.15, -0.1) is 0 Å². The molecule has 28 heavy (non-hydrogen) atoms. The van der Waals surface area contributed by atoms with Crippen LogP contribution in [0.15, 0.2) is 12.2 Å². The van der Waals surface area contributed by atoms with E-state index in [4.69, 9.17) is 4.74 Å². The SMILES string of the molecule is C=C(C)C(=O)OCCC(CCO)C(C)CCC(C)C1CCC(CCCC)CC1. The first-order valence-corrected chi connectivity index (χ1v) is 11.8. The minimum Gasteiger partial charge on any atom is -0.462 e. The van der Waals surface area contributed by atoms with Gasteiger partial charge in [0.25, 0.3) is 0 Å². The predicted molar refractivity (Wildman–Crippen MR) is 118 cm³/mol. The van der Waals surface area contributed by atoms with Crippen molar-refractivity contribution in [3.8, 4) is 0 Å². The molecule has 0 radical (unpaired) electrons. The maximum Gasteiger partial charge on any atom is 0.333 e. The molecule has 0 aromatic heterocycles. The second-order valence-corrected chi connectivity index (χ2v) is 9.43. The molecule has 1 aliphatic rings. The number of carbonyl (C=O) groups is 1. The van der Waals surface area contributed by atoms with Crippen molar-refractivity contribution in [2.24, 2.45) is 29.6 Å². The molecular formula is C25H46O3. The summed E-state index contributed by atoms with van der Waals surface area (Å²) in [7, 11) is 0. The van der Waals surface area contributed by atoms with Gasteiger partial charge >= 0.3 is 5.97 Å². The van der Waals surface area contributed by atoms with E-state index >= 15 is 0 Å². The van der Waals surface area contributed by atoms with Gasteiger partial charge in [-0.25, -0.2) is 4.79 Å². The molecule has 3 heteroatoms. The minimum absolute atomic E-state index is 0.209. The topological polar surface area (TPSA) is 46.5 Å². The molecule has 0 spiro atoms. The molecule has 0 heterocycles. The molecule has 1 fully saturated rings. The van der Waals surface area contributed by atoms with Gasteiger partial charge in [-0.1, -0.05) is 72.3 Å². The van der Waals surface area contributed by atoms with Crippen LogP contribution in [0.4, 0.5) is 0 Å². The predicted octanol–water partition coefficient (Wildman–Crippen LogP) is 6.54. The maximum absolute atomic E-state index is 11.6. The molecule has 3 unspecified atom stereocenters. The van der Waals surface area contributed by atoms with Gasteiger partial charge in [0.2, 0.25) is 0 Å². The summed E-state index contributed by atoms with van der Waals surface area (Å²) in [5.74, 6) is 3.35. The van der Waals surface area contributed by atoms with E-state index in [0.29, 0.717) is 24.0 Å². The zero-order chi connectivity index (χ0) is 20.9. The Morgan fingerprint density at radius 3 is 2.36 bits per heavy atom. The zero-order valence-electron chi connectivity index (χ0n) is 19.0. The summed E-state index contributed by atoms with van der Waals surface area (Å²) >= 11 is 0. The lowest BCUT2D eigenvalue weighted by atomic mass is 9.73. The van der Waals surface area contributed by atoms with Crippen molar-refractivity contribution in [2.75, 3.05) is 13.2 Å². The van der Waals surface area contributed by atoms with Crippen LogP contribution in [0, 0.1) is 29.6 Å². The Hall–Kier alpha value is -0.830. The Morgan fingerprint density at radius 1 is 1.11 bits per heavy atom. The molecule has 0 bridgehead atoms. The average molecular weight is 395 g/mol. The van der Waals surface area contributed by atoms with Crippen LogP contribution >= 0.6 is 0 Å². The van der Waals surface area contributed by atoms with Gasteiger partial charge in [0.1, 0.15) is 0 Å². The van der Waals surface area contributed by atoms with Gasteiger partial charge < -0.3 is 9.84 Å². The second kappa shape index (κ2) is 14.2. The molecule has 1 rings (SSSR count). The second-order valence-electron chi connectivity index (χ2n) is 9.43. The lowest BCUT2D eigenvalue weighted by Crippen LogP contribution is -2.22. The zero-order valence-corrected chi connectivity index (χ0v) is 19.0. The molecule has 0 aliphatic heterocycles. The van der Waals surface area contributed by atoms with Crippen molar-refractivity contribution in [1.29, 1.82) is 0 Å². The Morgan fingerprint density at radius 2 is 1.79 bits per heavy atom. The van der Waals surface area contributed by atoms with E-state index in [1.165, 1.54) is 57.8 Å². The van der Waals surface area contributed by atoms with Crippen LogP contribution in [-0.2, 0) is 9.53 Å². The van der Waals surface area contributed by atoms with Crippen molar-refractivity contribution in [1.82, 2.24) is 0 Å². The molecule has 164 valence electrons. The number of hydrogen-bond acceptors (Lipinski definition) is 3. The fourth-order valence-corrected chi connectivity index (χ4v) is 4.84. The summed E-state index contributed by atoms with van der Waals surface area (Å²) in [6.45, 7) is 13.0. The molecule has 0 aromatic rings. The fourth-order valence-electron chi connectivity index (χ4n) is 4.84. The van der Waals surface area contributed by atoms with Gasteiger partial charge in [0.05, 0.1) is 6.61 Å². The van der Waals surface area contributed by atoms with E-state index in [0.717, 1.165) is 30.6 Å². The molecule has 3 nitrogen and oxygen atoms in total. The van der Waals surface area contributed by atoms with Gasteiger partial charge in [-0.3, -0.25) is 0 Å². The Labute approximate surface area is 174 Å². The van der Waals surface area contributed by atoms with Gasteiger partial charge in [-0.05, 0) is 62.2 Å². The van der Waals surface area contributed by atoms with E-state index in [1.54, 1.807) is 6.92 Å². The van der Waals surface area contributed by atoms with Crippen molar-refractivity contribution in [3.63, 3.8) is 0 Å². The van der Waals surface area contributed by atoms with E-state index < -0.39 is 0 Å². The third-order valence-electron chi connectivity index (χ3n) is 7.11. The summed E-state index contributed by atoms with van der Waals surface area (Å²) in [6.07, 6.45) is 14.0. The number of esters is 1. The molecule has 0 saturated heterocycles.